The smallest absolute Gasteiger partial charge is 0.0568 e. The number of fused-ring (bicyclic) bond motifs is 1. The van der Waals surface area contributed by atoms with E-state index in [1.807, 2.05) is 0 Å². The molecule has 1 N–H and O–H groups in total. The number of nitrogens with zero attached hydrogens (tertiary/aromatic N) is 1. The molecule has 0 amide bonds. The van der Waals surface area contributed by atoms with Gasteiger partial charge in [0, 0.05) is 13.1 Å². The third-order valence-electron chi connectivity index (χ3n) is 3.36. The van der Waals surface area contributed by atoms with E-state index in [0.717, 1.165) is 13.1 Å². The van der Waals surface area contributed by atoms with Gasteiger partial charge in [0.05, 0.1) is 5.69 Å². The van der Waals surface area contributed by atoms with Gasteiger partial charge in [-0.1, -0.05) is 38.3 Å². The lowest BCUT2D eigenvalue weighted by molar-refractivity contribution is 0.601. The molecule has 0 saturated heterocycles. The zero-order valence-electron chi connectivity index (χ0n) is 10.4. The molecular formula is C14H22N2. The Morgan fingerprint density at radius 3 is 2.94 bits per heavy atom. The van der Waals surface area contributed by atoms with Gasteiger partial charge in [0.15, 0.2) is 0 Å². The van der Waals surface area contributed by atoms with E-state index in [4.69, 9.17) is 0 Å². The average Bonchev–Trinajstić information content (AvgIpc) is 2.70. The molecule has 0 bridgehead atoms. The molecule has 0 aliphatic carbocycles. The summed E-state index contributed by atoms with van der Waals surface area (Å²) in [5.74, 6) is 0. The normalized spacial score (nSPS) is 14.2. The van der Waals surface area contributed by atoms with Gasteiger partial charge < -0.3 is 5.01 Å². The first kappa shape index (κ1) is 11.5. The topological polar surface area (TPSA) is 15.3 Å². The van der Waals surface area contributed by atoms with Crippen LogP contribution in [0, 0.1) is 6.92 Å². The van der Waals surface area contributed by atoms with Crippen molar-refractivity contribution in [2.24, 2.45) is 0 Å². The highest BCUT2D eigenvalue weighted by atomic mass is 15.5. The number of aryl methyl sites for hydroxylation is 1. The zero-order chi connectivity index (χ0) is 11.4. The third kappa shape index (κ3) is 2.38. The van der Waals surface area contributed by atoms with Gasteiger partial charge in [0.2, 0.25) is 0 Å². The van der Waals surface area contributed by atoms with Gasteiger partial charge in [-0.15, -0.1) is 0 Å². The summed E-state index contributed by atoms with van der Waals surface area (Å²) >= 11 is 0. The highest BCUT2D eigenvalue weighted by molar-refractivity contribution is 5.58. The highest BCUT2D eigenvalue weighted by Crippen LogP contribution is 2.27. The maximum atomic E-state index is 3.47. The molecule has 1 aromatic rings. The molecule has 0 atom stereocenters. The van der Waals surface area contributed by atoms with Crippen LogP contribution in [-0.2, 0) is 6.54 Å². The monoisotopic (exact) mass is 218 g/mol. The molecule has 0 saturated carbocycles. The molecule has 1 heterocycles. The minimum absolute atomic E-state index is 0.996. The predicted octanol–water partition coefficient (Wildman–Crippen LogP) is 3.40. The fourth-order valence-corrected chi connectivity index (χ4v) is 2.33. The van der Waals surface area contributed by atoms with Crippen LogP contribution >= 0.6 is 0 Å². The lowest BCUT2D eigenvalue weighted by atomic mass is 10.1. The van der Waals surface area contributed by atoms with E-state index in [-0.39, 0.29) is 0 Å². The van der Waals surface area contributed by atoms with Crippen molar-refractivity contribution in [3.05, 3.63) is 29.3 Å². The van der Waals surface area contributed by atoms with Crippen molar-refractivity contribution < 1.29 is 0 Å². The number of hydrazine groups is 1. The Hall–Kier alpha value is -1.02. The van der Waals surface area contributed by atoms with Gasteiger partial charge in [-0.3, -0.25) is 0 Å². The van der Waals surface area contributed by atoms with Crippen molar-refractivity contribution >= 4 is 5.69 Å². The molecule has 1 aliphatic heterocycles. The molecule has 2 heteroatoms. The van der Waals surface area contributed by atoms with Crippen LogP contribution in [-0.4, -0.2) is 6.54 Å². The summed E-state index contributed by atoms with van der Waals surface area (Å²) in [6.45, 7) is 6.58. The fourth-order valence-electron chi connectivity index (χ4n) is 2.33. The number of hydrogen-bond acceptors (Lipinski definition) is 2. The van der Waals surface area contributed by atoms with E-state index < -0.39 is 0 Å². The van der Waals surface area contributed by atoms with Crippen molar-refractivity contribution in [2.45, 2.75) is 46.1 Å². The van der Waals surface area contributed by atoms with Crippen molar-refractivity contribution in [3.63, 3.8) is 0 Å². The lowest BCUT2D eigenvalue weighted by Crippen LogP contribution is -2.32. The second-order valence-corrected chi connectivity index (χ2v) is 4.62. The number of hydrogen-bond donors (Lipinski definition) is 1. The van der Waals surface area contributed by atoms with Gasteiger partial charge in [-0.2, -0.15) is 0 Å². The van der Waals surface area contributed by atoms with Crippen LogP contribution in [0.25, 0.3) is 0 Å². The Balaban J connectivity index is 1.93. The molecular weight excluding hydrogens is 196 g/mol. The minimum atomic E-state index is 0.996. The van der Waals surface area contributed by atoms with Gasteiger partial charge in [-0.05, 0) is 30.5 Å². The Kier molecular flexibility index (Phi) is 3.83. The second-order valence-electron chi connectivity index (χ2n) is 4.62. The maximum absolute atomic E-state index is 3.47. The number of rotatable bonds is 5. The first-order valence-electron chi connectivity index (χ1n) is 6.42. The average molecular weight is 218 g/mol. The Bertz CT molecular complexity index is 347. The maximum Gasteiger partial charge on any atom is 0.0568 e. The van der Waals surface area contributed by atoms with Crippen LogP contribution in [0.1, 0.15) is 43.7 Å². The van der Waals surface area contributed by atoms with Crippen molar-refractivity contribution in [2.75, 3.05) is 11.6 Å². The third-order valence-corrected chi connectivity index (χ3v) is 3.36. The first-order valence-corrected chi connectivity index (χ1v) is 6.42. The summed E-state index contributed by atoms with van der Waals surface area (Å²) in [4.78, 5) is 0. The summed E-state index contributed by atoms with van der Waals surface area (Å²) < 4.78 is 0. The van der Waals surface area contributed by atoms with Crippen LogP contribution in [0.3, 0.4) is 0 Å². The first-order chi connectivity index (χ1) is 7.83. The summed E-state index contributed by atoms with van der Waals surface area (Å²) in [5, 5.41) is 2.32. The number of anilines is 1. The number of nitrogens with one attached hydrogen (secondary N) is 1. The van der Waals surface area contributed by atoms with Gasteiger partial charge in [0.25, 0.3) is 0 Å². The van der Waals surface area contributed by atoms with E-state index in [9.17, 15) is 0 Å². The van der Waals surface area contributed by atoms with Crippen LogP contribution in [0.2, 0.25) is 0 Å². The Morgan fingerprint density at radius 2 is 2.12 bits per heavy atom. The summed E-state index contributed by atoms with van der Waals surface area (Å²) in [6, 6.07) is 6.57. The number of unbranched alkanes of at least 4 members (excludes halogenated alkanes) is 3. The molecule has 16 heavy (non-hydrogen) atoms. The Labute approximate surface area is 98.6 Å². The van der Waals surface area contributed by atoms with Gasteiger partial charge in [0.1, 0.15) is 0 Å². The SMILES string of the molecule is CCCCCCN1NCc2c(C)cccc21. The molecule has 0 fully saturated rings. The molecule has 0 spiro atoms. The van der Waals surface area contributed by atoms with Crippen LogP contribution < -0.4 is 10.4 Å². The summed E-state index contributed by atoms with van der Waals surface area (Å²) in [5.41, 5.74) is 7.73. The number of benzene rings is 1. The largest absolute Gasteiger partial charge is 0.308 e. The molecule has 88 valence electrons. The van der Waals surface area contributed by atoms with Gasteiger partial charge >= 0.3 is 0 Å². The standard InChI is InChI=1S/C14H22N2/c1-3-4-5-6-10-16-14-9-7-8-12(2)13(14)11-15-16/h7-9,15H,3-6,10-11H2,1-2H3. The second kappa shape index (κ2) is 5.35. The van der Waals surface area contributed by atoms with Crippen molar-refractivity contribution in [3.8, 4) is 0 Å². The van der Waals surface area contributed by atoms with E-state index in [0.29, 0.717) is 0 Å². The van der Waals surface area contributed by atoms with E-state index >= 15 is 0 Å². The Morgan fingerprint density at radius 1 is 1.25 bits per heavy atom. The van der Waals surface area contributed by atoms with Crippen LogP contribution in [0.4, 0.5) is 5.69 Å². The minimum Gasteiger partial charge on any atom is -0.308 e. The molecule has 1 aliphatic rings. The fraction of sp³-hybridized carbons (Fsp3) is 0.571. The quantitative estimate of drug-likeness (QED) is 0.762. The summed E-state index contributed by atoms with van der Waals surface area (Å²) in [6.07, 6.45) is 5.29. The van der Waals surface area contributed by atoms with Gasteiger partial charge in [-0.25, -0.2) is 5.43 Å². The van der Waals surface area contributed by atoms with Crippen LogP contribution in [0.5, 0.6) is 0 Å². The zero-order valence-corrected chi connectivity index (χ0v) is 10.4. The molecule has 2 nitrogen and oxygen atoms in total. The molecule has 0 unspecified atom stereocenters. The molecule has 0 radical (unpaired) electrons. The van der Waals surface area contributed by atoms with Crippen LogP contribution in [0.15, 0.2) is 18.2 Å². The highest BCUT2D eigenvalue weighted by Gasteiger charge is 2.18. The molecule has 1 aromatic carbocycles. The van der Waals surface area contributed by atoms with E-state index in [2.05, 4.69) is 42.5 Å². The summed E-state index contributed by atoms with van der Waals surface area (Å²) in [7, 11) is 0. The van der Waals surface area contributed by atoms with E-state index in [1.54, 1.807) is 0 Å². The van der Waals surface area contributed by atoms with Crippen molar-refractivity contribution in [1.82, 2.24) is 5.43 Å². The predicted molar refractivity (Wildman–Crippen MR) is 69.5 cm³/mol. The molecule has 2 rings (SSSR count). The lowest BCUT2D eigenvalue weighted by Gasteiger charge is -2.19. The molecule has 0 aromatic heterocycles. The van der Waals surface area contributed by atoms with E-state index in [1.165, 1.54) is 42.5 Å². The van der Waals surface area contributed by atoms with Crippen molar-refractivity contribution in [1.29, 1.82) is 0 Å².